The molecule has 2 saturated heterocycles. The third-order valence-electron chi connectivity index (χ3n) is 6.22. The fraction of sp³-hybridized carbons (Fsp3) is 0.571. The molecule has 32 heavy (non-hydrogen) atoms. The molecule has 2 aliphatic rings. The number of methoxy groups -OCH3 is 1. The maximum Gasteiger partial charge on any atom is 0.204 e. The summed E-state index contributed by atoms with van der Waals surface area (Å²) in [5.41, 5.74) is 1.35. The van der Waals surface area contributed by atoms with Crippen molar-refractivity contribution in [2.24, 2.45) is 0 Å². The Labute approximate surface area is 188 Å². The van der Waals surface area contributed by atoms with Crippen LogP contribution in [0.25, 0.3) is 0 Å². The zero-order valence-electron chi connectivity index (χ0n) is 18.4. The molecule has 0 spiro atoms. The van der Waals surface area contributed by atoms with E-state index in [1.54, 1.807) is 25.1 Å². The summed E-state index contributed by atoms with van der Waals surface area (Å²) >= 11 is 0. The van der Waals surface area contributed by atoms with Gasteiger partial charge in [-0.15, -0.1) is 0 Å². The van der Waals surface area contributed by atoms with Crippen molar-refractivity contribution in [3.63, 3.8) is 0 Å². The third-order valence-corrected chi connectivity index (χ3v) is 10.7. The van der Waals surface area contributed by atoms with Crippen LogP contribution in [0.1, 0.15) is 37.1 Å². The first kappa shape index (κ1) is 23.4. The molecule has 0 saturated carbocycles. The van der Waals surface area contributed by atoms with Gasteiger partial charge in [-0.3, -0.25) is 0 Å². The number of benzene rings is 1. The topological polar surface area (TPSA) is 114 Å². The number of hydrogen-bond acceptors (Lipinski definition) is 8. The van der Waals surface area contributed by atoms with E-state index in [1.807, 2.05) is 13.0 Å². The molecule has 0 radical (unpaired) electrons. The van der Waals surface area contributed by atoms with Crippen molar-refractivity contribution in [1.82, 2.24) is 9.78 Å². The molecule has 1 aromatic carbocycles. The van der Waals surface area contributed by atoms with Crippen LogP contribution in [-0.2, 0) is 40.6 Å². The van der Waals surface area contributed by atoms with Crippen LogP contribution >= 0.6 is 0 Å². The van der Waals surface area contributed by atoms with Gasteiger partial charge in [0.15, 0.2) is 14.9 Å². The first-order valence-corrected chi connectivity index (χ1v) is 13.4. The Hall–Kier alpha value is -1.79. The molecule has 11 heteroatoms. The van der Waals surface area contributed by atoms with Crippen LogP contribution in [0.15, 0.2) is 40.3 Å². The molecule has 2 fully saturated rings. The second kappa shape index (κ2) is 8.53. The number of aryl methyl sites for hydroxylation is 1. The SMILES string of the molecule is COCn1nc(S(=O)(=O)C2COC2)cc1C1CC(C)(S(=O)(=O)c2cccc(C)c2)CCO1. The quantitative estimate of drug-likeness (QED) is 0.587. The largest absolute Gasteiger partial charge is 0.379 e. The summed E-state index contributed by atoms with van der Waals surface area (Å²) in [6.45, 7) is 4.10. The van der Waals surface area contributed by atoms with Gasteiger partial charge in [0.25, 0.3) is 0 Å². The molecule has 0 N–H and O–H groups in total. The highest BCUT2D eigenvalue weighted by molar-refractivity contribution is 7.93. The van der Waals surface area contributed by atoms with Gasteiger partial charge in [-0.2, -0.15) is 5.10 Å². The minimum Gasteiger partial charge on any atom is -0.379 e. The van der Waals surface area contributed by atoms with E-state index >= 15 is 0 Å². The molecule has 2 unspecified atom stereocenters. The van der Waals surface area contributed by atoms with Crippen molar-refractivity contribution in [3.05, 3.63) is 41.6 Å². The molecule has 0 aliphatic carbocycles. The molecular weight excluding hydrogens is 456 g/mol. The lowest BCUT2D eigenvalue weighted by atomic mass is 9.95. The summed E-state index contributed by atoms with van der Waals surface area (Å²) in [6.07, 6.45) is -0.134. The van der Waals surface area contributed by atoms with Gasteiger partial charge >= 0.3 is 0 Å². The fourth-order valence-corrected chi connectivity index (χ4v) is 7.35. The van der Waals surface area contributed by atoms with Crippen molar-refractivity contribution in [2.75, 3.05) is 26.9 Å². The average Bonchev–Trinajstić information content (AvgIpc) is 3.11. The lowest BCUT2D eigenvalue weighted by Gasteiger charge is -2.37. The van der Waals surface area contributed by atoms with Crippen LogP contribution < -0.4 is 0 Å². The van der Waals surface area contributed by atoms with E-state index in [4.69, 9.17) is 14.2 Å². The van der Waals surface area contributed by atoms with Crippen LogP contribution in [0, 0.1) is 6.92 Å². The highest BCUT2D eigenvalue weighted by Crippen LogP contribution is 2.42. The lowest BCUT2D eigenvalue weighted by Crippen LogP contribution is -2.42. The number of aromatic nitrogens is 2. The molecule has 2 aliphatic heterocycles. The first-order chi connectivity index (χ1) is 15.1. The van der Waals surface area contributed by atoms with Crippen LogP contribution in [0.5, 0.6) is 0 Å². The Morgan fingerprint density at radius 3 is 2.59 bits per heavy atom. The lowest BCUT2D eigenvalue weighted by molar-refractivity contribution is -0.00919. The minimum atomic E-state index is -3.66. The molecule has 9 nitrogen and oxygen atoms in total. The zero-order valence-corrected chi connectivity index (χ0v) is 20.0. The number of ether oxygens (including phenoxy) is 3. The molecular formula is C21H28N2O7S2. The fourth-order valence-electron chi connectivity index (χ4n) is 4.07. The van der Waals surface area contributed by atoms with Gasteiger partial charge in [0.1, 0.15) is 18.1 Å². The Morgan fingerprint density at radius 1 is 1.22 bits per heavy atom. The van der Waals surface area contributed by atoms with Gasteiger partial charge in [-0.1, -0.05) is 12.1 Å². The highest BCUT2D eigenvalue weighted by Gasteiger charge is 2.46. The van der Waals surface area contributed by atoms with Gasteiger partial charge in [-0.25, -0.2) is 21.5 Å². The van der Waals surface area contributed by atoms with Crippen molar-refractivity contribution < 1.29 is 31.0 Å². The Balaban J connectivity index is 1.68. The van der Waals surface area contributed by atoms with Crippen LogP contribution in [0.2, 0.25) is 0 Å². The van der Waals surface area contributed by atoms with Crippen molar-refractivity contribution in [3.8, 4) is 0 Å². The van der Waals surface area contributed by atoms with Crippen LogP contribution in [-0.4, -0.2) is 63.5 Å². The van der Waals surface area contributed by atoms with E-state index in [0.29, 0.717) is 12.1 Å². The average molecular weight is 485 g/mol. The van der Waals surface area contributed by atoms with Crippen LogP contribution in [0.3, 0.4) is 0 Å². The van der Waals surface area contributed by atoms with Crippen LogP contribution in [0.4, 0.5) is 0 Å². The molecule has 0 amide bonds. The standard InChI is InChI=1S/C21H28N2O7S2/c1-15-5-4-6-16(9-15)32(26,27)21(2)7-8-30-19(11-21)18-10-20(22-23(18)14-28-3)31(24,25)17-12-29-13-17/h4-6,9-10,17,19H,7-8,11-14H2,1-3H3. The minimum absolute atomic E-state index is 0.0211. The second-order valence-corrected chi connectivity index (χ2v) is 13.3. The summed E-state index contributed by atoms with van der Waals surface area (Å²) in [5, 5.41) is 3.55. The number of hydrogen-bond donors (Lipinski definition) is 0. The molecule has 176 valence electrons. The molecule has 2 aromatic rings. The molecule has 0 bridgehead atoms. The van der Waals surface area contributed by atoms with E-state index in [1.165, 1.54) is 17.9 Å². The van der Waals surface area contributed by atoms with Crippen molar-refractivity contribution in [2.45, 2.75) is 59.4 Å². The van der Waals surface area contributed by atoms with Gasteiger partial charge in [-0.05, 0) is 44.4 Å². The van der Waals surface area contributed by atoms with Gasteiger partial charge < -0.3 is 14.2 Å². The Bertz CT molecular complexity index is 1200. The Morgan fingerprint density at radius 2 is 1.97 bits per heavy atom. The highest BCUT2D eigenvalue weighted by atomic mass is 32.2. The predicted molar refractivity (Wildman–Crippen MR) is 116 cm³/mol. The summed E-state index contributed by atoms with van der Waals surface area (Å²) in [4.78, 5) is 0.277. The second-order valence-electron chi connectivity index (χ2n) is 8.61. The van der Waals surface area contributed by atoms with Gasteiger partial charge in [0.2, 0.25) is 9.84 Å². The third kappa shape index (κ3) is 4.01. The molecule has 3 heterocycles. The molecule has 4 rings (SSSR count). The summed E-state index contributed by atoms with van der Waals surface area (Å²) in [5.74, 6) is 0. The summed E-state index contributed by atoms with van der Waals surface area (Å²) in [7, 11) is -5.83. The smallest absolute Gasteiger partial charge is 0.204 e. The zero-order chi connectivity index (χ0) is 23.1. The number of nitrogens with zero attached hydrogens (tertiary/aromatic N) is 2. The van der Waals surface area contributed by atoms with Gasteiger partial charge in [0.05, 0.1) is 28.6 Å². The van der Waals surface area contributed by atoms with E-state index < -0.39 is 35.8 Å². The van der Waals surface area contributed by atoms with Gasteiger partial charge in [0, 0.05) is 19.8 Å². The van der Waals surface area contributed by atoms with Crippen molar-refractivity contribution in [1.29, 1.82) is 0 Å². The van der Waals surface area contributed by atoms with E-state index in [0.717, 1.165) is 5.56 Å². The van der Waals surface area contributed by atoms with Crippen molar-refractivity contribution >= 4 is 19.7 Å². The summed E-state index contributed by atoms with van der Waals surface area (Å²) in [6, 6.07) is 8.34. The molecule has 2 atom stereocenters. The molecule has 1 aromatic heterocycles. The van der Waals surface area contributed by atoms with E-state index in [2.05, 4.69) is 5.10 Å². The van der Waals surface area contributed by atoms with E-state index in [-0.39, 0.29) is 42.9 Å². The maximum atomic E-state index is 13.5. The predicted octanol–water partition coefficient (Wildman–Crippen LogP) is 2.05. The van der Waals surface area contributed by atoms with E-state index in [9.17, 15) is 16.8 Å². The summed E-state index contributed by atoms with van der Waals surface area (Å²) < 4.78 is 69.3. The monoisotopic (exact) mass is 484 g/mol. The number of rotatable bonds is 7. The maximum absolute atomic E-state index is 13.5. The Kier molecular flexibility index (Phi) is 6.23. The number of sulfone groups is 2. The first-order valence-electron chi connectivity index (χ1n) is 10.4. The normalized spacial score (nSPS) is 24.9.